The lowest BCUT2D eigenvalue weighted by atomic mass is 9.84. The summed E-state index contributed by atoms with van der Waals surface area (Å²) in [5.41, 5.74) is 1.29. The van der Waals surface area contributed by atoms with Gasteiger partial charge in [-0.05, 0) is 62.0 Å². The van der Waals surface area contributed by atoms with Crippen LogP contribution in [0.5, 0.6) is 5.75 Å². The molecule has 2 heterocycles. The molecule has 1 atom stereocenters. The molecule has 2 amide bonds. The van der Waals surface area contributed by atoms with Gasteiger partial charge in [-0.2, -0.15) is 5.10 Å². The summed E-state index contributed by atoms with van der Waals surface area (Å²) in [5, 5.41) is 13.2. The number of nitrogens with zero attached hydrogens (tertiary/aromatic N) is 2. The van der Waals surface area contributed by atoms with Crippen LogP contribution in [0.1, 0.15) is 26.2 Å². The van der Waals surface area contributed by atoms with Gasteiger partial charge in [0.05, 0.1) is 19.0 Å². The molecule has 1 fully saturated rings. The van der Waals surface area contributed by atoms with Crippen molar-refractivity contribution in [2.45, 2.75) is 32.7 Å². The number of aromatic nitrogens is 2. The molecule has 0 radical (unpaired) electrons. The minimum absolute atomic E-state index is 0.0155. The number of piperidine rings is 1. The van der Waals surface area contributed by atoms with Crippen LogP contribution in [-0.2, 0) is 16.1 Å². The second-order valence-corrected chi connectivity index (χ2v) is 7.52. The van der Waals surface area contributed by atoms with E-state index in [4.69, 9.17) is 4.74 Å². The molecular weight excluding hydrogens is 370 g/mol. The Morgan fingerprint density at radius 1 is 1.17 bits per heavy atom. The molecule has 156 valence electrons. The van der Waals surface area contributed by atoms with Crippen LogP contribution in [0.15, 0.2) is 36.7 Å². The Balaban J connectivity index is 1.45. The fourth-order valence-electron chi connectivity index (χ4n) is 3.62. The maximum absolute atomic E-state index is 12.3. The first-order valence-electron chi connectivity index (χ1n) is 10.0. The Labute approximate surface area is 171 Å². The number of carbonyl (C=O) groups excluding carboxylic acids is 2. The smallest absolute Gasteiger partial charge is 0.246 e. The van der Waals surface area contributed by atoms with Gasteiger partial charge in [0.15, 0.2) is 0 Å². The second-order valence-electron chi connectivity index (χ2n) is 7.52. The van der Waals surface area contributed by atoms with Crippen LogP contribution in [-0.4, -0.2) is 41.8 Å². The number of amides is 2. The third-order valence-electron chi connectivity index (χ3n) is 5.29. The summed E-state index contributed by atoms with van der Waals surface area (Å²) in [6, 6.07) is 7.11. The van der Waals surface area contributed by atoms with Gasteiger partial charge in [-0.25, -0.2) is 0 Å². The normalized spacial score (nSPS) is 15.5. The predicted molar refractivity (Wildman–Crippen MR) is 112 cm³/mol. The van der Waals surface area contributed by atoms with Crippen molar-refractivity contribution in [3.05, 3.63) is 36.7 Å². The summed E-state index contributed by atoms with van der Waals surface area (Å²) in [7, 11) is 1.59. The lowest BCUT2D eigenvalue weighted by Gasteiger charge is -2.27. The molecule has 0 aliphatic carbocycles. The fraction of sp³-hybridized carbons (Fsp3) is 0.476. The monoisotopic (exact) mass is 399 g/mol. The maximum atomic E-state index is 12.3. The van der Waals surface area contributed by atoms with Crippen LogP contribution in [0.3, 0.4) is 0 Å². The lowest BCUT2D eigenvalue weighted by Crippen LogP contribution is -2.32. The minimum atomic E-state index is -0.198. The number of anilines is 2. The zero-order valence-corrected chi connectivity index (χ0v) is 17.0. The summed E-state index contributed by atoms with van der Waals surface area (Å²) in [4.78, 5) is 24.5. The van der Waals surface area contributed by atoms with E-state index in [2.05, 4.69) is 28.0 Å². The van der Waals surface area contributed by atoms with Crippen LogP contribution in [0.2, 0.25) is 0 Å². The van der Waals surface area contributed by atoms with Crippen molar-refractivity contribution in [3.8, 4) is 5.75 Å². The van der Waals surface area contributed by atoms with E-state index in [0.29, 0.717) is 29.6 Å². The highest BCUT2D eigenvalue weighted by Crippen LogP contribution is 2.24. The zero-order chi connectivity index (χ0) is 20.6. The Kier molecular flexibility index (Phi) is 7.24. The first-order valence-corrected chi connectivity index (χ1v) is 10.0. The number of nitrogens with one attached hydrogen (secondary N) is 3. The predicted octanol–water partition coefficient (Wildman–Crippen LogP) is 2.49. The second kappa shape index (κ2) is 10.1. The molecule has 8 heteroatoms. The van der Waals surface area contributed by atoms with Gasteiger partial charge in [0.2, 0.25) is 11.8 Å². The van der Waals surface area contributed by atoms with E-state index >= 15 is 0 Å². The minimum Gasteiger partial charge on any atom is -0.497 e. The third-order valence-corrected chi connectivity index (χ3v) is 5.29. The van der Waals surface area contributed by atoms with Crippen molar-refractivity contribution in [3.63, 3.8) is 0 Å². The highest BCUT2D eigenvalue weighted by atomic mass is 16.5. The molecular formula is C21H29N5O3. The molecule has 3 rings (SSSR count). The number of rotatable bonds is 8. The molecule has 1 saturated heterocycles. The van der Waals surface area contributed by atoms with Crippen molar-refractivity contribution >= 4 is 23.2 Å². The topological polar surface area (TPSA) is 97.3 Å². The van der Waals surface area contributed by atoms with Gasteiger partial charge in [0, 0.05) is 18.3 Å². The van der Waals surface area contributed by atoms with Gasteiger partial charge in [-0.3, -0.25) is 14.3 Å². The Bertz CT molecular complexity index is 812. The van der Waals surface area contributed by atoms with Gasteiger partial charge in [-0.15, -0.1) is 0 Å². The molecule has 8 nitrogen and oxygen atoms in total. The van der Waals surface area contributed by atoms with Crippen LogP contribution >= 0.6 is 0 Å². The highest BCUT2D eigenvalue weighted by molar-refractivity contribution is 5.91. The SMILES string of the molecule is COc1ccc(NC(=O)Cn2cc(NC(=O)CC(C)C3CCNCC3)cn2)cc1. The van der Waals surface area contributed by atoms with Crippen molar-refractivity contribution in [2.24, 2.45) is 11.8 Å². The molecule has 1 aliphatic rings. The lowest BCUT2D eigenvalue weighted by molar-refractivity contribution is -0.118. The van der Waals surface area contributed by atoms with Gasteiger partial charge in [0.25, 0.3) is 0 Å². The van der Waals surface area contributed by atoms with Gasteiger partial charge in [-0.1, -0.05) is 6.92 Å². The van der Waals surface area contributed by atoms with Crippen LogP contribution in [0.4, 0.5) is 11.4 Å². The number of ether oxygens (including phenoxy) is 1. The summed E-state index contributed by atoms with van der Waals surface area (Å²) in [6.45, 7) is 4.26. The molecule has 0 spiro atoms. The number of benzene rings is 1. The van der Waals surface area contributed by atoms with E-state index in [-0.39, 0.29) is 18.4 Å². The maximum Gasteiger partial charge on any atom is 0.246 e. The van der Waals surface area contributed by atoms with Crippen molar-refractivity contribution < 1.29 is 14.3 Å². The summed E-state index contributed by atoms with van der Waals surface area (Å²) in [6.07, 6.45) is 5.97. The molecule has 1 unspecified atom stereocenters. The van der Waals surface area contributed by atoms with Gasteiger partial charge < -0.3 is 20.7 Å². The largest absolute Gasteiger partial charge is 0.497 e. The molecule has 1 aromatic carbocycles. The highest BCUT2D eigenvalue weighted by Gasteiger charge is 2.22. The summed E-state index contributed by atoms with van der Waals surface area (Å²) >= 11 is 0. The van der Waals surface area contributed by atoms with Crippen molar-refractivity contribution in [1.82, 2.24) is 15.1 Å². The molecule has 2 aromatic rings. The van der Waals surface area contributed by atoms with Crippen molar-refractivity contribution in [2.75, 3.05) is 30.8 Å². The molecule has 1 aliphatic heterocycles. The van der Waals surface area contributed by atoms with Crippen molar-refractivity contribution in [1.29, 1.82) is 0 Å². The molecule has 3 N–H and O–H groups in total. The van der Waals surface area contributed by atoms with Crippen LogP contribution in [0, 0.1) is 11.8 Å². The van der Waals surface area contributed by atoms with Crippen LogP contribution < -0.4 is 20.7 Å². The summed E-state index contributed by atoms with van der Waals surface area (Å²) < 4.78 is 6.60. The number of methoxy groups -OCH3 is 1. The standard InChI is InChI=1S/C21H29N5O3/c1-15(16-7-9-22-10-8-16)11-20(27)25-18-12-23-26(13-18)14-21(28)24-17-3-5-19(29-2)6-4-17/h3-6,12-13,15-16,22H,7-11,14H2,1-2H3,(H,24,28)(H,25,27). The van der Waals surface area contributed by atoms with Gasteiger partial charge >= 0.3 is 0 Å². The zero-order valence-electron chi connectivity index (χ0n) is 17.0. The van der Waals surface area contributed by atoms with E-state index in [1.54, 1.807) is 43.8 Å². The quantitative estimate of drug-likeness (QED) is 0.634. The average Bonchev–Trinajstić information content (AvgIpc) is 3.15. The molecule has 0 bridgehead atoms. The Hall–Kier alpha value is -2.87. The van der Waals surface area contributed by atoms with E-state index < -0.39 is 0 Å². The average molecular weight is 399 g/mol. The number of carbonyl (C=O) groups is 2. The number of hydrogen-bond donors (Lipinski definition) is 3. The van der Waals surface area contributed by atoms with E-state index in [1.165, 1.54) is 4.68 Å². The van der Waals surface area contributed by atoms with Gasteiger partial charge in [0.1, 0.15) is 12.3 Å². The van der Waals surface area contributed by atoms with E-state index in [9.17, 15) is 9.59 Å². The molecule has 29 heavy (non-hydrogen) atoms. The Morgan fingerprint density at radius 3 is 2.55 bits per heavy atom. The fourth-order valence-corrected chi connectivity index (χ4v) is 3.62. The number of hydrogen-bond acceptors (Lipinski definition) is 5. The molecule has 1 aromatic heterocycles. The van der Waals surface area contributed by atoms with Crippen LogP contribution in [0.25, 0.3) is 0 Å². The van der Waals surface area contributed by atoms with E-state index in [0.717, 1.165) is 31.7 Å². The first-order chi connectivity index (χ1) is 14.0. The third kappa shape index (κ3) is 6.32. The Morgan fingerprint density at radius 2 is 1.86 bits per heavy atom. The summed E-state index contributed by atoms with van der Waals surface area (Å²) in [5.74, 6) is 1.45. The molecule has 0 saturated carbocycles. The first kappa shape index (κ1) is 20.9. The van der Waals surface area contributed by atoms with E-state index in [1.807, 2.05) is 0 Å².